The van der Waals surface area contributed by atoms with Crippen LogP contribution in [0.3, 0.4) is 0 Å². The van der Waals surface area contributed by atoms with Gasteiger partial charge in [0.15, 0.2) is 5.79 Å². The van der Waals surface area contributed by atoms with Gasteiger partial charge in [0.25, 0.3) is 5.91 Å². The molecule has 1 amide bonds. The van der Waals surface area contributed by atoms with Gasteiger partial charge in [0, 0.05) is 37.7 Å². The number of ether oxygens (including phenoxy) is 2. The van der Waals surface area contributed by atoms with Gasteiger partial charge in [-0.25, -0.2) is 0 Å². The summed E-state index contributed by atoms with van der Waals surface area (Å²) in [6.07, 6.45) is 5.19. The maximum absolute atomic E-state index is 13.1. The van der Waals surface area contributed by atoms with Gasteiger partial charge in [-0.05, 0) is 63.0 Å². The molecule has 1 aromatic carbocycles. The minimum absolute atomic E-state index is 0.0507. The zero-order chi connectivity index (χ0) is 18.7. The molecule has 2 atom stereocenters. The second-order valence-electron chi connectivity index (χ2n) is 7.29. The first-order valence-corrected chi connectivity index (χ1v) is 10.2. The molecule has 2 fully saturated rings. The largest absolute Gasteiger partial charge is 0.352 e. The number of halogens is 1. The Hall–Kier alpha value is -0.950. The second kappa shape index (κ2) is 8.38. The van der Waals surface area contributed by atoms with E-state index in [1.165, 1.54) is 12.8 Å². The summed E-state index contributed by atoms with van der Waals surface area (Å²) in [7, 11) is 5.37. The van der Waals surface area contributed by atoms with Gasteiger partial charge in [0.05, 0.1) is 12.1 Å². The van der Waals surface area contributed by atoms with E-state index in [0.29, 0.717) is 5.56 Å². The van der Waals surface area contributed by atoms with E-state index in [9.17, 15) is 4.79 Å². The van der Waals surface area contributed by atoms with Crippen LogP contribution in [0.4, 0.5) is 0 Å². The minimum atomic E-state index is -0.651. The fourth-order valence-electron chi connectivity index (χ4n) is 4.58. The van der Waals surface area contributed by atoms with Crippen molar-refractivity contribution in [2.24, 2.45) is 0 Å². The summed E-state index contributed by atoms with van der Waals surface area (Å²) in [6.45, 7) is 2.08. The highest BCUT2D eigenvalue weighted by Gasteiger charge is 2.51. The average molecular weight is 425 g/mol. The lowest BCUT2D eigenvalue weighted by Crippen LogP contribution is -2.66. The molecule has 6 heteroatoms. The topological polar surface area (TPSA) is 42.0 Å². The normalized spacial score (nSPS) is 26.0. The van der Waals surface area contributed by atoms with Gasteiger partial charge >= 0.3 is 0 Å². The van der Waals surface area contributed by atoms with E-state index in [0.717, 1.165) is 36.8 Å². The highest BCUT2D eigenvalue weighted by molar-refractivity contribution is 9.10. The Kier molecular flexibility index (Phi) is 6.38. The third-order valence-corrected chi connectivity index (χ3v) is 6.50. The fraction of sp³-hybridized carbons (Fsp3) is 0.650. The molecule has 26 heavy (non-hydrogen) atoms. The van der Waals surface area contributed by atoms with Crippen LogP contribution in [-0.4, -0.2) is 67.9 Å². The van der Waals surface area contributed by atoms with Crippen molar-refractivity contribution < 1.29 is 14.3 Å². The van der Waals surface area contributed by atoms with Crippen LogP contribution >= 0.6 is 15.9 Å². The second-order valence-corrected chi connectivity index (χ2v) is 8.21. The summed E-state index contributed by atoms with van der Waals surface area (Å²) in [5.41, 5.74) is 0.710. The molecule has 144 valence electrons. The van der Waals surface area contributed by atoms with Crippen molar-refractivity contribution in [2.75, 3.05) is 34.4 Å². The molecule has 1 aromatic rings. The van der Waals surface area contributed by atoms with Gasteiger partial charge in [-0.3, -0.25) is 9.69 Å². The van der Waals surface area contributed by atoms with Crippen LogP contribution in [0.5, 0.6) is 0 Å². The van der Waals surface area contributed by atoms with Crippen molar-refractivity contribution in [3.05, 3.63) is 34.3 Å². The van der Waals surface area contributed by atoms with Gasteiger partial charge in [-0.15, -0.1) is 0 Å². The van der Waals surface area contributed by atoms with E-state index < -0.39 is 5.79 Å². The zero-order valence-electron chi connectivity index (χ0n) is 15.9. The van der Waals surface area contributed by atoms with Crippen molar-refractivity contribution in [3.63, 3.8) is 0 Å². The van der Waals surface area contributed by atoms with Gasteiger partial charge < -0.3 is 14.4 Å². The molecule has 1 aliphatic heterocycles. The molecule has 5 nitrogen and oxygen atoms in total. The molecule has 1 heterocycles. The Morgan fingerprint density at radius 2 is 1.77 bits per heavy atom. The van der Waals surface area contributed by atoms with Crippen LogP contribution < -0.4 is 0 Å². The molecular weight excluding hydrogens is 396 g/mol. The number of nitrogens with zero attached hydrogens (tertiary/aromatic N) is 2. The Labute approximate surface area is 164 Å². The van der Waals surface area contributed by atoms with Crippen molar-refractivity contribution in [1.29, 1.82) is 0 Å². The summed E-state index contributed by atoms with van der Waals surface area (Å²) in [5, 5.41) is 0. The number of rotatable bonds is 5. The Morgan fingerprint density at radius 1 is 1.15 bits per heavy atom. The van der Waals surface area contributed by atoms with E-state index in [1.54, 1.807) is 14.2 Å². The number of hydrogen-bond donors (Lipinski definition) is 0. The first-order chi connectivity index (χ1) is 12.5. The molecular formula is C20H29BrN2O3. The van der Waals surface area contributed by atoms with Crippen molar-refractivity contribution in [3.8, 4) is 0 Å². The Balaban J connectivity index is 1.89. The monoisotopic (exact) mass is 424 g/mol. The molecule has 3 rings (SSSR count). The van der Waals surface area contributed by atoms with Crippen LogP contribution in [0.2, 0.25) is 0 Å². The number of methoxy groups -OCH3 is 2. The van der Waals surface area contributed by atoms with Gasteiger partial charge in [0.1, 0.15) is 0 Å². The number of benzene rings is 1. The molecule has 1 saturated heterocycles. The number of carbonyl (C=O) groups is 1. The number of amides is 1. The number of likely N-dealkylation sites (N-methyl/N-ethyl adjacent to an activating group) is 1. The predicted molar refractivity (Wildman–Crippen MR) is 105 cm³/mol. The van der Waals surface area contributed by atoms with Gasteiger partial charge in [-0.2, -0.15) is 0 Å². The lowest BCUT2D eigenvalue weighted by Gasteiger charge is -2.51. The number of likely N-dealkylation sites (tertiary alicyclic amines) is 1. The predicted octanol–water partition coefficient (Wildman–Crippen LogP) is 3.53. The van der Waals surface area contributed by atoms with E-state index >= 15 is 0 Å². The van der Waals surface area contributed by atoms with Crippen molar-refractivity contribution >= 4 is 21.8 Å². The van der Waals surface area contributed by atoms with Crippen LogP contribution in [0.15, 0.2) is 28.7 Å². The summed E-state index contributed by atoms with van der Waals surface area (Å²) < 4.78 is 12.8. The summed E-state index contributed by atoms with van der Waals surface area (Å²) in [6, 6.07) is 7.69. The zero-order valence-corrected chi connectivity index (χ0v) is 17.5. The van der Waals surface area contributed by atoms with E-state index in [2.05, 4.69) is 20.8 Å². The maximum atomic E-state index is 13.1. The summed E-state index contributed by atoms with van der Waals surface area (Å²) in [4.78, 5) is 17.5. The fourth-order valence-corrected chi connectivity index (χ4v) is 4.84. The highest BCUT2D eigenvalue weighted by Crippen LogP contribution is 2.39. The SMILES string of the molecule is COC1(OC)CCC[C@@H](N(C)C(=O)c2ccc(Br)cc2)[C@@H]1N1CCCC1. The lowest BCUT2D eigenvalue weighted by molar-refractivity contribution is -0.265. The molecule has 0 radical (unpaired) electrons. The highest BCUT2D eigenvalue weighted by atomic mass is 79.9. The molecule has 0 unspecified atom stereocenters. The van der Waals surface area contributed by atoms with Gasteiger partial charge in [-0.1, -0.05) is 15.9 Å². The number of hydrogen-bond acceptors (Lipinski definition) is 4. The quantitative estimate of drug-likeness (QED) is 0.677. The van der Waals surface area contributed by atoms with Crippen molar-refractivity contribution in [1.82, 2.24) is 9.80 Å². The first kappa shape index (κ1) is 19.8. The Bertz CT molecular complexity index is 612. The van der Waals surface area contributed by atoms with Crippen molar-refractivity contribution in [2.45, 2.75) is 50.0 Å². The molecule has 0 aromatic heterocycles. The summed E-state index contributed by atoms with van der Waals surface area (Å²) in [5.74, 6) is -0.601. The standard InChI is InChI=1S/C20H29BrN2O3/c1-22(19(24)15-8-10-16(21)11-9-15)17-7-6-12-20(25-2,26-3)18(17)23-13-4-5-14-23/h8-11,17-18H,4-7,12-14H2,1-3H3/t17-,18+/m1/s1. The molecule has 0 N–H and O–H groups in total. The third-order valence-electron chi connectivity index (χ3n) is 5.97. The number of carbonyl (C=O) groups excluding carboxylic acids is 1. The molecule has 0 spiro atoms. The first-order valence-electron chi connectivity index (χ1n) is 9.39. The maximum Gasteiger partial charge on any atom is 0.253 e. The van der Waals surface area contributed by atoms with Crippen LogP contribution in [0.25, 0.3) is 0 Å². The molecule has 1 aliphatic carbocycles. The smallest absolute Gasteiger partial charge is 0.253 e. The van der Waals surface area contributed by atoms with E-state index in [1.807, 2.05) is 36.2 Å². The van der Waals surface area contributed by atoms with Crippen LogP contribution in [-0.2, 0) is 9.47 Å². The minimum Gasteiger partial charge on any atom is -0.352 e. The molecule has 1 saturated carbocycles. The lowest BCUT2D eigenvalue weighted by atomic mass is 9.82. The van der Waals surface area contributed by atoms with E-state index in [4.69, 9.17) is 9.47 Å². The van der Waals surface area contributed by atoms with Crippen LogP contribution in [0, 0.1) is 0 Å². The molecule has 0 bridgehead atoms. The van der Waals surface area contributed by atoms with Gasteiger partial charge in [0.2, 0.25) is 0 Å². The third kappa shape index (κ3) is 3.70. The average Bonchev–Trinajstić information content (AvgIpc) is 3.21. The summed E-state index contributed by atoms with van der Waals surface area (Å²) >= 11 is 3.43. The van der Waals surface area contributed by atoms with E-state index in [-0.39, 0.29) is 18.0 Å². The van der Waals surface area contributed by atoms with Crippen LogP contribution in [0.1, 0.15) is 42.5 Å². The molecule has 2 aliphatic rings. The Morgan fingerprint density at radius 3 is 2.35 bits per heavy atom.